The van der Waals surface area contributed by atoms with E-state index in [9.17, 15) is 19.4 Å². The number of nitrogens with two attached hydrogens (primary N) is 1. The predicted molar refractivity (Wildman–Crippen MR) is 102 cm³/mol. The van der Waals surface area contributed by atoms with Crippen molar-refractivity contribution < 1.29 is 23.8 Å². The lowest BCUT2D eigenvalue weighted by Crippen LogP contribution is -2.13. The zero-order valence-corrected chi connectivity index (χ0v) is 14.9. The Hall–Kier alpha value is -3.94. The molecule has 2 aromatic carbocycles. The van der Waals surface area contributed by atoms with Gasteiger partial charge in [-0.1, -0.05) is 12.1 Å². The average molecular weight is 395 g/mol. The molecular weight excluding hydrogens is 380 g/mol. The number of benzene rings is 2. The molecule has 0 saturated heterocycles. The lowest BCUT2D eigenvalue weighted by atomic mass is 9.98. The highest BCUT2D eigenvalue weighted by Gasteiger charge is 2.17. The number of hydrogen-bond donors (Lipinski definition) is 3. The van der Waals surface area contributed by atoms with Crippen LogP contribution in [-0.4, -0.2) is 25.7 Å². The van der Waals surface area contributed by atoms with E-state index in [2.05, 4.69) is 4.98 Å². The first kappa shape index (κ1) is 18.4. The summed E-state index contributed by atoms with van der Waals surface area (Å²) in [5.41, 5.74) is 6.71. The summed E-state index contributed by atoms with van der Waals surface area (Å²) in [6, 6.07) is 12.2. The van der Waals surface area contributed by atoms with Gasteiger partial charge in [-0.15, -0.1) is 0 Å². The van der Waals surface area contributed by atoms with E-state index in [1.807, 2.05) is 0 Å². The highest BCUT2D eigenvalue weighted by molar-refractivity contribution is 6.01. The molecule has 146 valence electrons. The Morgan fingerprint density at radius 2 is 1.66 bits per heavy atom. The Morgan fingerprint density at radius 1 is 1.00 bits per heavy atom. The molecule has 2 heterocycles. The van der Waals surface area contributed by atoms with Gasteiger partial charge in [0.15, 0.2) is 11.8 Å². The third-order valence-corrected chi connectivity index (χ3v) is 4.60. The summed E-state index contributed by atoms with van der Waals surface area (Å²) in [5, 5.41) is 19.8. The van der Waals surface area contributed by atoms with Crippen molar-refractivity contribution in [1.29, 1.82) is 0 Å². The fourth-order valence-corrected chi connectivity index (χ4v) is 3.24. The quantitative estimate of drug-likeness (QED) is 0.492. The van der Waals surface area contributed by atoms with Crippen molar-refractivity contribution in [3.8, 4) is 22.9 Å². The van der Waals surface area contributed by atoms with E-state index in [1.165, 1.54) is 59.2 Å². The van der Waals surface area contributed by atoms with Gasteiger partial charge in [0, 0.05) is 17.5 Å². The molecule has 4 rings (SSSR count). The monoisotopic (exact) mass is 395 g/mol. The molecule has 0 radical (unpaired) electrons. The molecule has 0 aliphatic heterocycles. The Morgan fingerprint density at radius 3 is 2.28 bits per heavy atom. The van der Waals surface area contributed by atoms with Gasteiger partial charge in [0.25, 0.3) is 5.91 Å². The molecule has 0 aliphatic rings. The Bertz CT molecular complexity index is 1230. The van der Waals surface area contributed by atoms with Crippen LogP contribution < -0.4 is 5.73 Å². The highest BCUT2D eigenvalue weighted by atomic mass is 19.1. The van der Waals surface area contributed by atoms with Crippen molar-refractivity contribution in [2.24, 2.45) is 5.73 Å². The molecule has 0 unspecified atom stereocenters. The minimum Gasteiger partial charge on any atom is -0.494 e. The van der Waals surface area contributed by atoms with E-state index in [4.69, 9.17) is 5.73 Å². The van der Waals surface area contributed by atoms with Gasteiger partial charge in [-0.2, -0.15) is 0 Å². The van der Waals surface area contributed by atoms with Crippen molar-refractivity contribution in [3.05, 3.63) is 77.5 Å². The van der Waals surface area contributed by atoms with Gasteiger partial charge in [-0.05, 0) is 47.0 Å². The molecule has 8 heteroatoms. The van der Waals surface area contributed by atoms with E-state index < -0.39 is 17.5 Å². The number of primary amides is 1. The summed E-state index contributed by atoms with van der Waals surface area (Å²) >= 11 is 0. The maximum absolute atomic E-state index is 15.1. The topological polar surface area (TPSA) is 101 Å². The number of aromatic nitrogens is 2. The van der Waals surface area contributed by atoms with Crippen molar-refractivity contribution in [2.45, 2.75) is 6.54 Å². The van der Waals surface area contributed by atoms with Crippen LogP contribution in [0.5, 0.6) is 11.8 Å². The molecule has 2 aromatic heterocycles. The van der Waals surface area contributed by atoms with Crippen LogP contribution in [-0.2, 0) is 6.54 Å². The summed E-state index contributed by atoms with van der Waals surface area (Å²) in [7, 11) is 0. The van der Waals surface area contributed by atoms with Crippen LogP contribution in [0, 0.1) is 11.6 Å². The molecule has 1 amide bonds. The first-order valence-electron chi connectivity index (χ1n) is 8.60. The Kier molecular flexibility index (Phi) is 4.38. The van der Waals surface area contributed by atoms with Gasteiger partial charge in [0.2, 0.25) is 0 Å². The van der Waals surface area contributed by atoms with Gasteiger partial charge in [-0.25, -0.2) is 13.8 Å². The maximum atomic E-state index is 15.1. The van der Waals surface area contributed by atoms with E-state index in [1.54, 1.807) is 0 Å². The van der Waals surface area contributed by atoms with E-state index >= 15 is 4.39 Å². The molecule has 0 saturated carbocycles. The van der Waals surface area contributed by atoms with Crippen LogP contribution >= 0.6 is 0 Å². The summed E-state index contributed by atoms with van der Waals surface area (Å²) in [6.07, 6.45) is 0. The fraction of sp³-hybridized carbons (Fsp3) is 0.0476. The highest BCUT2D eigenvalue weighted by Crippen LogP contribution is 2.32. The first-order chi connectivity index (χ1) is 13.8. The van der Waals surface area contributed by atoms with Crippen LogP contribution in [0.4, 0.5) is 8.78 Å². The Labute approximate surface area is 163 Å². The summed E-state index contributed by atoms with van der Waals surface area (Å²) in [4.78, 5) is 15.9. The van der Waals surface area contributed by atoms with Gasteiger partial charge in [-0.3, -0.25) is 9.36 Å². The third-order valence-electron chi connectivity index (χ3n) is 4.60. The standard InChI is InChI=1S/C21H15F2N3O3/c22-13-3-1-12(2-4-13)14-9-17(21(24)29)25-16-8-11(7-15(23)20(14)16)10-26-18(27)5-6-19(26)28/h1-9,27-28H,10H2,(H2,24,29). The van der Waals surface area contributed by atoms with E-state index in [0.29, 0.717) is 16.7 Å². The van der Waals surface area contributed by atoms with Crippen molar-refractivity contribution >= 4 is 16.8 Å². The summed E-state index contributed by atoms with van der Waals surface area (Å²) in [6.45, 7) is -0.0219. The molecule has 0 atom stereocenters. The molecule has 0 spiro atoms. The number of fused-ring (bicyclic) bond motifs is 1. The second-order valence-corrected chi connectivity index (χ2v) is 6.53. The number of hydrogen-bond acceptors (Lipinski definition) is 4. The van der Waals surface area contributed by atoms with Crippen LogP contribution in [0.3, 0.4) is 0 Å². The summed E-state index contributed by atoms with van der Waals surface area (Å²) < 4.78 is 29.5. The Balaban J connectivity index is 1.92. The normalized spacial score (nSPS) is 11.1. The minimum atomic E-state index is -0.790. The lowest BCUT2D eigenvalue weighted by molar-refractivity contribution is 0.0996. The van der Waals surface area contributed by atoms with Gasteiger partial charge < -0.3 is 15.9 Å². The van der Waals surface area contributed by atoms with Gasteiger partial charge in [0.1, 0.15) is 17.3 Å². The van der Waals surface area contributed by atoms with Gasteiger partial charge >= 0.3 is 0 Å². The zero-order valence-electron chi connectivity index (χ0n) is 14.9. The number of amides is 1. The van der Waals surface area contributed by atoms with E-state index in [-0.39, 0.29) is 34.9 Å². The molecule has 29 heavy (non-hydrogen) atoms. The smallest absolute Gasteiger partial charge is 0.267 e. The SMILES string of the molecule is NC(=O)c1cc(-c2ccc(F)cc2)c2c(F)cc(Cn3c(O)ccc3O)cc2n1. The number of rotatable bonds is 4. The number of pyridine rings is 1. The predicted octanol–water partition coefficient (Wildman–Crippen LogP) is 3.54. The molecule has 0 aliphatic carbocycles. The van der Waals surface area contributed by atoms with Crippen LogP contribution in [0.15, 0.2) is 54.6 Å². The molecule has 6 nitrogen and oxygen atoms in total. The number of nitrogens with zero attached hydrogens (tertiary/aromatic N) is 2. The largest absolute Gasteiger partial charge is 0.494 e. The van der Waals surface area contributed by atoms with Crippen molar-refractivity contribution in [1.82, 2.24) is 9.55 Å². The average Bonchev–Trinajstić information content (AvgIpc) is 2.99. The number of carbonyl (C=O) groups is 1. The maximum Gasteiger partial charge on any atom is 0.267 e. The molecule has 4 aromatic rings. The van der Waals surface area contributed by atoms with E-state index in [0.717, 1.165) is 0 Å². The molecule has 4 N–H and O–H groups in total. The molecule has 0 bridgehead atoms. The number of halogens is 2. The van der Waals surface area contributed by atoms with Gasteiger partial charge in [0.05, 0.1) is 12.1 Å². The second-order valence-electron chi connectivity index (χ2n) is 6.53. The molecular formula is C21H15F2N3O3. The molecule has 0 fully saturated rings. The third kappa shape index (κ3) is 3.36. The second kappa shape index (κ2) is 6.90. The number of carbonyl (C=O) groups excluding carboxylic acids is 1. The number of aromatic hydroxyl groups is 2. The van der Waals surface area contributed by atoms with Crippen LogP contribution in [0.25, 0.3) is 22.0 Å². The lowest BCUT2D eigenvalue weighted by Gasteiger charge is -2.13. The van der Waals surface area contributed by atoms with Crippen molar-refractivity contribution in [3.63, 3.8) is 0 Å². The summed E-state index contributed by atoms with van der Waals surface area (Å²) in [5.74, 6) is -2.23. The van der Waals surface area contributed by atoms with Crippen LogP contribution in [0.2, 0.25) is 0 Å². The first-order valence-corrected chi connectivity index (χ1v) is 8.60. The zero-order chi connectivity index (χ0) is 20.7. The fourth-order valence-electron chi connectivity index (χ4n) is 3.24. The van der Waals surface area contributed by atoms with Crippen molar-refractivity contribution in [2.75, 3.05) is 0 Å². The minimum absolute atomic E-state index is 0.0219. The van der Waals surface area contributed by atoms with Crippen LogP contribution in [0.1, 0.15) is 16.1 Å².